The zero-order valence-corrected chi connectivity index (χ0v) is 41.2. The minimum atomic E-state index is -0.400. The normalized spacial score (nSPS) is 24.1. The number of nitrogens with one attached hydrogen (secondary N) is 4. The van der Waals surface area contributed by atoms with Crippen LogP contribution in [0.15, 0.2) is 83.7 Å². The second-order valence-electron chi connectivity index (χ2n) is 15.4. The molecule has 4 bridgehead atoms. The van der Waals surface area contributed by atoms with E-state index in [2.05, 4.69) is 21.3 Å². The molecule has 1 saturated carbocycles. The van der Waals surface area contributed by atoms with Crippen molar-refractivity contribution < 1.29 is 83.0 Å². The summed E-state index contributed by atoms with van der Waals surface area (Å²) in [5.74, 6) is -0.223. The Morgan fingerprint density at radius 1 is 0.493 bits per heavy atom. The average molecular weight is 1050 g/mol. The van der Waals surface area contributed by atoms with Crippen molar-refractivity contribution in [2.24, 2.45) is 0 Å². The first-order valence-electron chi connectivity index (χ1n) is 22.9. The Morgan fingerprint density at radius 2 is 0.855 bits per heavy atom. The molecular weight excluding hydrogens is 986 g/mol. The summed E-state index contributed by atoms with van der Waals surface area (Å²) in [6.45, 7) is 3.78. The molecule has 2 amide bonds. The molecule has 4 aliphatic rings. The predicted molar refractivity (Wildman–Crippen MR) is 252 cm³/mol. The van der Waals surface area contributed by atoms with Gasteiger partial charge in [-0.3, -0.25) is 19.2 Å². The van der Waals surface area contributed by atoms with Gasteiger partial charge in [0.1, 0.15) is 13.2 Å². The van der Waals surface area contributed by atoms with E-state index in [9.17, 15) is 19.2 Å². The van der Waals surface area contributed by atoms with Crippen LogP contribution < -0.4 is 30.7 Å². The summed E-state index contributed by atoms with van der Waals surface area (Å²) in [5.41, 5.74) is 2.07. The van der Waals surface area contributed by atoms with Crippen LogP contribution in [0.1, 0.15) is 36.8 Å². The van der Waals surface area contributed by atoms with E-state index in [1.807, 2.05) is 0 Å². The Hall–Kier alpha value is -4.43. The van der Waals surface area contributed by atoms with Crippen LogP contribution in [-0.4, -0.2) is 154 Å². The Kier molecular flexibility index (Phi) is 28.2. The summed E-state index contributed by atoms with van der Waals surface area (Å²) in [5, 5.41) is 12.4. The van der Waals surface area contributed by atoms with E-state index in [0.717, 1.165) is 25.7 Å². The summed E-state index contributed by atoms with van der Waals surface area (Å²) in [7, 11) is 0. The second-order valence-corrected chi connectivity index (χ2v) is 16.0. The predicted octanol–water partition coefficient (Wildman–Crippen LogP) is 3.60. The van der Waals surface area contributed by atoms with Gasteiger partial charge in [0, 0.05) is 76.3 Å². The Balaban J connectivity index is 0.0000104. The number of benzene rings is 1. The van der Waals surface area contributed by atoms with Crippen LogP contribution >= 0.6 is 23.2 Å². The van der Waals surface area contributed by atoms with Crippen molar-refractivity contribution in [3.63, 3.8) is 0 Å². The van der Waals surface area contributed by atoms with Crippen LogP contribution in [0.2, 0.25) is 0 Å². The quantitative estimate of drug-likeness (QED) is 0.247. The van der Waals surface area contributed by atoms with Crippen molar-refractivity contribution >= 4 is 46.6 Å². The van der Waals surface area contributed by atoms with E-state index in [1.165, 1.54) is 0 Å². The SMILES string of the molecule is O=C1COc2c(CCl)ccc(CCl)c2OCC(=O)NCCOCCOCCOCCOC2=CC=C/C(=C/N[C@H]3CCCC[C@@H]3N/C=C3/C=CC=C(OCCOCCOCCOCCN1)C3=O)C2=O.[Ni]. The summed E-state index contributed by atoms with van der Waals surface area (Å²) < 4.78 is 56.7. The van der Waals surface area contributed by atoms with Crippen molar-refractivity contribution in [2.45, 2.75) is 49.5 Å². The number of carbonyl (C=O) groups excluding carboxylic acids is 4. The van der Waals surface area contributed by atoms with E-state index in [0.29, 0.717) is 75.1 Å². The first-order chi connectivity index (χ1) is 33.4. The third-order valence-electron chi connectivity index (χ3n) is 10.5. The largest absolute Gasteiger partial charge is 0.487 e. The van der Waals surface area contributed by atoms with E-state index >= 15 is 0 Å². The number of ketones is 2. The number of carbonyl (C=O) groups is 4. The van der Waals surface area contributed by atoms with Gasteiger partial charge in [-0.2, -0.15) is 0 Å². The zero-order chi connectivity index (χ0) is 48.0. The number of hydrogen-bond acceptors (Lipinski definition) is 16. The first-order valence-corrected chi connectivity index (χ1v) is 24.0. The van der Waals surface area contributed by atoms with Crippen molar-refractivity contribution in [1.29, 1.82) is 0 Å². The summed E-state index contributed by atoms with van der Waals surface area (Å²) in [4.78, 5) is 51.7. The van der Waals surface area contributed by atoms with Crippen LogP contribution in [0.4, 0.5) is 0 Å². The number of allylic oxidation sites excluding steroid dienone is 8. The van der Waals surface area contributed by atoms with Gasteiger partial charge in [-0.25, -0.2) is 0 Å². The number of hydrogen-bond donors (Lipinski definition) is 4. The third kappa shape index (κ3) is 20.8. The van der Waals surface area contributed by atoms with Gasteiger partial charge in [0.05, 0.1) is 91.0 Å². The van der Waals surface area contributed by atoms with Crippen molar-refractivity contribution in [3.8, 4) is 11.5 Å². The molecule has 18 nitrogen and oxygen atoms in total. The van der Waals surface area contributed by atoms with Crippen molar-refractivity contribution in [1.82, 2.24) is 21.3 Å². The fourth-order valence-electron chi connectivity index (χ4n) is 7.02. The maximum Gasteiger partial charge on any atom is 0.258 e. The van der Waals surface area contributed by atoms with Gasteiger partial charge in [-0.15, -0.1) is 23.2 Å². The average Bonchev–Trinajstić information content (AvgIpc) is 3.35. The Morgan fingerprint density at radius 3 is 1.23 bits per heavy atom. The summed E-state index contributed by atoms with van der Waals surface area (Å²) in [6.07, 6.45) is 17.6. The van der Waals surface area contributed by atoms with E-state index < -0.39 is 11.8 Å². The molecular formula is C48H64Cl2N4NiO14. The first kappa shape index (κ1) is 57.2. The minimum Gasteiger partial charge on any atom is -0.487 e. The Bertz CT molecular complexity index is 1840. The molecule has 384 valence electrons. The molecule has 0 radical (unpaired) electrons. The monoisotopic (exact) mass is 1050 g/mol. The van der Waals surface area contributed by atoms with Crippen LogP contribution in [0.25, 0.3) is 0 Å². The maximum absolute atomic E-state index is 13.2. The van der Waals surface area contributed by atoms with E-state index in [4.69, 9.17) is 70.6 Å². The second kappa shape index (κ2) is 34.0. The molecule has 21 heteroatoms. The number of ether oxygens (including phenoxy) is 10. The summed E-state index contributed by atoms with van der Waals surface area (Å²) in [6, 6.07) is 3.51. The van der Waals surface area contributed by atoms with Gasteiger partial charge in [0.2, 0.25) is 11.6 Å². The molecule has 1 heterocycles. The molecule has 5 rings (SSSR count). The standard InChI is InChI=1S/C48H64Cl2N4O14.Ni/c49-29-35-11-12-36(30-50)48-47(35)67-33-43(55)51-13-15-59-17-19-61-21-23-63-25-27-65-41-9-3-5-37(45(41)57)31-53-39-7-1-2-8-40(39)54-32-38-6-4-10-42(46(38)58)66-28-26-64-24-22-62-20-18-60-16-14-52-44(56)34-68-48;/h3-6,9-12,31-32,39-40,53-54H,1-2,7-8,13-30,33-34H2,(H,51,55)(H,52,56);/b37-31-,38-32-;/t39-,40-;/m0./s1. The maximum atomic E-state index is 13.2. The fraction of sp³-hybridized carbons (Fsp3) is 0.542. The summed E-state index contributed by atoms with van der Waals surface area (Å²) >= 11 is 12.4. The van der Waals surface area contributed by atoms with Crippen LogP contribution in [0.3, 0.4) is 0 Å². The molecule has 1 aromatic carbocycles. The van der Waals surface area contributed by atoms with Gasteiger partial charge in [0.15, 0.2) is 36.2 Å². The van der Waals surface area contributed by atoms with Crippen LogP contribution in [-0.2, 0) is 85.3 Å². The molecule has 0 aromatic heterocycles. The molecule has 0 saturated heterocycles. The molecule has 69 heavy (non-hydrogen) atoms. The minimum absolute atomic E-state index is 0. The molecule has 1 fully saturated rings. The van der Waals surface area contributed by atoms with E-state index in [1.54, 1.807) is 61.0 Å². The van der Waals surface area contributed by atoms with Crippen LogP contribution in [0.5, 0.6) is 11.5 Å². The number of halogens is 2. The Labute approximate surface area is 423 Å². The fourth-order valence-corrected chi connectivity index (χ4v) is 7.44. The third-order valence-corrected chi connectivity index (χ3v) is 11.1. The molecule has 0 unspecified atom stereocenters. The molecule has 1 aliphatic heterocycles. The number of Topliss-reactive ketones (excluding diaryl/α,β-unsaturated/α-hetero) is 2. The topological polar surface area (TPSA) is 209 Å². The van der Waals surface area contributed by atoms with Gasteiger partial charge in [-0.05, 0) is 37.1 Å². The smallest absolute Gasteiger partial charge is 0.258 e. The van der Waals surface area contributed by atoms with Gasteiger partial charge in [-0.1, -0.05) is 37.1 Å². The van der Waals surface area contributed by atoms with Gasteiger partial charge < -0.3 is 68.6 Å². The van der Waals surface area contributed by atoms with E-state index in [-0.39, 0.29) is 141 Å². The molecule has 4 N–H and O–H groups in total. The molecule has 3 aliphatic carbocycles. The molecule has 0 spiro atoms. The van der Waals surface area contributed by atoms with Crippen molar-refractivity contribution in [2.75, 3.05) is 119 Å². The van der Waals surface area contributed by atoms with Crippen molar-refractivity contribution in [3.05, 3.63) is 94.8 Å². The molecule has 2 atom stereocenters. The van der Waals surface area contributed by atoms with Gasteiger partial charge >= 0.3 is 0 Å². The zero-order valence-electron chi connectivity index (χ0n) is 38.7. The molecule has 1 aromatic rings. The van der Waals surface area contributed by atoms with Crippen LogP contribution in [0, 0.1) is 0 Å². The number of rotatable bonds is 2. The number of alkyl halides is 2. The number of amides is 2. The van der Waals surface area contributed by atoms with Gasteiger partial charge in [0.25, 0.3) is 11.8 Å². The number of fused-ring (bicyclic) bond motifs is 6.